The van der Waals surface area contributed by atoms with Crippen molar-refractivity contribution >= 4 is 15.3 Å². The van der Waals surface area contributed by atoms with Crippen LogP contribution in [0, 0.1) is 0 Å². The fraction of sp³-hybridized carbons (Fsp3) is 1.00. The Labute approximate surface area is 110 Å². The Morgan fingerprint density at radius 3 is 1.20 bits per heavy atom. The van der Waals surface area contributed by atoms with Crippen LogP contribution in [0.4, 0.5) is 0 Å². The van der Waals surface area contributed by atoms with E-state index in [0.29, 0.717) is 0 Å². The number of rotatable bonds is 2. The molecule has 0 heterocycles. The maximum absolute atomic E-state index is 4.49. The van der Waals surface area contributed by atoms with Gasteiger partial charge in [0.1, 0.15) is 0 Å². The van der Waals surface area contributed by atoms with Crippen LogP contribution in [0.5, 0.6) is 0 Å². The summed E-state index contributed by atoms with van der Waals surface area (Å²) in [5.74, 6) is 0. The monoisotopic (exact) mass is 199 g/mol. The molecule has 0 saturated carbocycles. The van der Waals surface area contributed by atoms with Crippen LogP contribution >= 0.6 is 0 Å². The first-order valence-corrected chi connectivity index (χ1v) is 10.9. The summed E-state index contributed by atoms with van der Waals surface area (Å²) < 4.78 is 0. The molecule has 0 atom stereocenters. The first-order chi connectivity index (χ1) is 3.81. The van der Waals surface area contributed by atoms with E-state index in [-0.39, 0.29) is 51.4 Å². The van der Waals surface area contributed by atoms with Crippen LogP contribution in [0.1, 0.15) is 0 Å². The van der Waals surface area contributed by atoms with Gasteiger partial charge in [0, 0.05) is 7.59 Å². The molecular formula is C6H18KNSi2. The Kier molecular flexibility index (Phi) is 7.15. The van der Waals surface area contributed by atoms with Crippen LogP contribution in [0.15, 0.2) is 0 Å². The first kappa shape index (κ1) is 14.5. The SMILES string of the molecule is C[N-][Si](C)(C)[Si](C)(C)C.[K+]. The van der Waals surface area contributed by atoms with Crippen molar-refractivity contribution in [2.75, 3.05) is 7.05 Å². The van der Waals surface area contributed by atoms with Gasteiger partial charge in [0.25, 0.3) is 0 Å². The summed E-state index contributed by atoms with van der Waals surface area (Å²) >= 11 is 0. The van der Waals surface area contributed by atoms with Crippen LogP contribution in [-0.2, 0) is 0 Å². The molecule has 0 bridgehead atoms. The zero-order valence-corrected chi connectivity index (χ0v) is 13.6. The van der Waals surface area contributed by atoms with Crippen LogP contribution in [0.25, 0.3) is 4.98 Å². The van der Waals surface area contributed by atoms with Gasteiger partial charge in [0.2, 0.25) is 0 Å². The van der Waals surface area contributed by atoms with Crippen LogP contribution in [0.2, 0.25) is 32.7 Å². The molecule has 0 N–H and O–H groups in total. The molecule has 0 radical (unpaired) electrons. The topological polar surface area (TPSA) is 14.1 Å². The summed E-state index contributed by atoms with van der Waals surface area (Å²) in [5, 5.41) is 0. The van der Waals surface area contributed by atoms with Gasteiger partial charge >= 0.3 is 51.4 Å². The molecule has 0 spiro atoms. The molecule has 0 amide bonds. The standard InChI is InChI=1S/C6H18NSi2.K/c1-7-9(5,6)8(2,3)4;/h1-6H3;/q-1;+1. The molecule has 0 aromatic rings. The normalized spacial score (nSPS) is 12.6. The van der Waals surface area contributed by atoms with E-state index in [1.165, 1.54) is 0 Å². The molecule has 0 aliphatic rings. The van der Waals surface area contributed by atoms with Crippen LogP contribution in [-0.4, -0.2) is 22.4 Å². The molecule has 0 saturated heterocycles. The van der Waals surface area contributed by atoms with E-state index < -0.39 is 15.3 Å². The predicted octanol–water partition coefficient (Wildman–Crippen LogP) is -0.384. The molecular weight excluding hydrogens is 181 g/mol. The van der Waals surface area contributed by atoms with Gasteiger partial charge in [0.05, 0.1) is 0 Å². The van der Waals surface area contributed by atoms with Crippen molar-refractivity contribution < 1.29 is 51.4 Å². The molecule has 10 heavy (non-hydrogen) atoms. The van der Waals surface area contributed by atoms with Gasteiger partial charge in [-0.05, 0) is 0 Å². The second-order valence-corrected chi connectivity index (χ2v) is 20.3. The summed E-state index contributed by atoms with van der Waals surface area (Å²) in [6.07, 6.45) is 0. The van der Waals surface area contributed by atoms with E-state index in [4.69, 9.17) is 0 Å². The smallest absolute Gasteiger partial charge is 0.669 e. The van der Waals surface area contributed by atoms with Gasteiger partial charge in [-0.25, -0.2) is 0 Å². The number of hydrogen-bond donors (Lipinski definition) is 0. The Morgan fingerprint density at radius 1 is 0.900 bits per heavy atom. The molecule has 0 rings (SSSR count). The van der Waals surface area contributed by atoms with Gasteiger partial charge in [0.15, 0.2) is 0 Å². The Hall–Kier alpha value is 2.03. The molecule has 0 fully saturated rings. The summed E-state index contributed by atoms with van der Waals surface area (Å²) in [5.41, 5.74) is 0. The summed E-state index contributed by atoms with van der Waals surface area (Å²) in [6, 6.07) is 0. The van der Waals surface area contributed by atoms with E-state index in [0.717, 1.165) is 0 Å². The van der Waals surface area contributed by atoms with Crippen LogP contribution in [0.3, 0.4) is 0 Å². The Balaban J connectivity index is 0. The second kappa shape index (κ2) is 4.91. The van der Waals surface area contributed by atoms with Gasteiger partial charge in [-0.15, -0.1) is 0 Å². The largest absolute Gasteiger partial charge is 1.00 e. The fourth-order valence-corrected chi connectivity index (χ4v) is 3.02. The predicted molar refractivity (Wildman–Crippen MR) is 50.1 cm³/mol. The second-order valence-electron chi connectivity index (χ2n) is 4.03. The average molecular weight is 199 g/mol. The third kappa shape index (κ3) is 4.16. The van der Waals surface area contributed by atoms with Crippen LogP contribution < -0.4 is 51.4 Å². The third-order valence-corrected chi connectivity index (χ3v) is 18.9. The summed E-state index contributed by atoms with van der Waals surface area (Å²) in [7, 11) is -0.0509. The third-order valence-electron chi connectivity index (χ3n) is 2.39. The zero-order valence-electron chi connectivity index (χ0n) is 8.45. The quantitative estimate of drug-likeness (QED) is 0.538. The molecule has 56 valence electrons. The molecule has 0 aromatic carbocycles. The maximum Gasteiger partial charge on any atom is 1.00 e. The average Bonchev–Trinajstić information content (AvgIpc) is 1.64. The van der Waals surface area contributed by atoms with Gasteiger partial charge in [-0.2, -0.15) is 7.05 Å². The van der Waals surface area contributed by atoms with Crippen molar-refractivity contribution in [1.29, 1.82) is 0 Å². The zero-order chi connectivity index (χ0) is 7.71. The van der Waals surface area contributed by atoms with E-state index in [1.54, 1.807) is 0 Å². The van der Waals surface area contributed by atoms with Crippen molar-refractivity contribution in [3.05, 3.63) is 4.98 Å². The molecule has 0 aliphatic carbocycles. The molecule has 4 heteroatoms. The van der Waals surface area contributed by atoms with Crippen molar-refractivity contribution in [2.24, 2.45) is 0 Å². The van der Waals surface area contributed by atoms with Gasteiger partial charge in [-0.3, -0.25) is 0 Å². The number of nitrogens with zero attached hydrogens (tertiary/aromatic N) is 1. The Morgan fingerprint density at radius 2 is 1.20 bits per heavy atom. The summed E-state index contributed by atoms with van der Waals surface area (Å²) in [4.78, 5) is 4.49. The molecule has 0 unspecified atom stereocenters. The first-order valence-electron chi connectivity index (χ1n) is 3.42. The van der Waals surface area contributed by atoms with Gasteiger partial charge < -0.3 is 4.98 Å². The molecule has 0 aromatic heterocycles. The fourth-order valence-electron chi connectivity index (χ4n) is 0.335. The minimum absolute atomic E-state index is 0. The Bertz CT molecular complexity index is 98.4. The minimum atomic E-state index is -1.11. The van der Waals surface area contributed by atoms with Crippen molar-refractivity contribution in [3.63, 3.8) is 0 Å². The van der Waals surface area contributed by atoms with E-state index in [2.05, 4.69) is 37.7 Å². The van der Waals surface area contributed by atoms with Crippen molar-refractivity contribution in [3.8, 4) is 0 Å². The minimum Gasteiger partial charge on any atom is -0.669 e. The molecule has 1 nitrogen and oxygen atoms in total. The molecule has 0 aliphatic heterocycles. The van der Waals surface area contributed by atoms with E-state index >= 15 is 0 Å². The number of hydrogen-bond acceptors (Lipinski definition) is 0. The van der Waals surface area contributed by atoms with E-state index in [9.17, 15) is 0 Å². The van der Waals surface area contributed by atoms with E-state index in [1.807, 2.05) is 7.05 Å². The maximum atomic E-state index is 4.49. The van der Waals surface area contributed by atoms with Gasteiger partial charge in [-0.1, -0.05) is 40.5 Å². The summed E-state index contributed by atoms with van der Waals surface area (Å²) in [6.45, 7) is 11.9. The van der Waals surface area contributed by atoms with Crippen molar-refractivity contribution in [1.82, 2.24) is 0 Å². The van der Waals surface area contributed by atoms with Crippen molar-refractivity contribution in [2.45, 2.75) is 32.7 Å².